The van der Waals surface area contributed by atoms with E-state index in [1.165, 1.54) is 0 Å². The van der Waals surface area contributed by atoms with Gasteiger partial charge in [-0.2, -0.15) is 0 Å². The highest BCUT2D eigenvalue weighted by molar-refractivity contribution is 8.68. The maximum Gasteiger partial charge on any atom is 0.236 e. The van der Waals surface area contributed by atoms with Crippen molar-refractivity contribution in [3.63, 3.8) is 0 Å². The number of carbonyl (C=O) groups excluding carboxylic acids is 1. The molecule has 0 aromatic heterocycles. The van der Waals surface area contributed by atoms with Crippen LogP contribution in [0.5, 0.6) is 0 Å². The molecule has 0 aliphatic carbocycles. The van der Waals surface area contributed by atoms with Crippen LogP contribution >= 0.6 is 22.6 Å². The van der Waals surface area contributed by atoms with Crippen molar-refractivity contribution in [1.29, 1.82) is 0 Å². The summed E-state index contributed by atoms with van der Waals surface area (Å²) < 4.78 is 2.26. The van der Waals surface area contributed by atoms with Crippen LogP contribution in [0.1, 0.15) is 0 Å². The third kappa shape index (κ3) is 5.35. The summed E-state index contributed by atoms with van der Waals surface area (Å²) in [5, 5.41) is 3.01. The zero-order valence-electron chi connectivity index (χ0n) is 4.31. The van der Waals surface area contributed by atoms with Crippen molar-refractivity contribution in [3.8, 4) is 0 Å². The van der Waals surface area contributed by atoms with E-state index in [-0.39, 0.29) is 12.5 Å². The summed E-state index contributed by atoms with van der Waals surface area (Å²) in [7, 11) is 0.872. The predicted molar refractivity (Wildman–Crippen MR) is 38.7 cm³/mol. The van der Waals surface area contributed by atoms with Crippen molar-refractivity contribution in [2.75, 3.05) is 6.54 Å². The molecule has 0 saturated heterocycles. The smallest absolute Gasteiger partial charge is 0.236 e. The lowest BCUT2D eigenvalue weighted by molar-refractivity contribution is -0.117. The van der Waals surface area contributed by atoms with Crippen LogP contribution in [0.25, 0.3) is 10.4 Å². The molecular formula is C2H4N4OS2. The van der Waals surface area contributed by atoms with Gasteiger partial charge in [0.25, 0.3) is 0 Å². The highest BCUT2D eigenvalue weighted by atomic mass is 33.1. The second-order valence-corrected chi connectivity index (χ2v) is 1.94. The number of rotatable bonds is 3. The number of hydrogen-bond donors (Lipinski definition) is 2. The summed E-state index contributed by atoms with van der Waals surface area (Å²) in [6.45, 7) is -0.177. The van der Waals surface area contributed by atoms with Gasteiger partial charge in [-0.05, 0) is 5.53 Å². The molecule has 0 atom stereocenters. The minimum absolute atomic E-state index is 0.177. The Morgan fingerprint density at radius 1 is 2.00 bits per heavy atom. The van der Waals surface area contributed by atoms with Gasteiger partial charge >= 0.3 is 0 Å². The number of carbonyl (C=O) groups is 1. The molecule has 0 fully saturated rings. The molecule has 1 N–H and O–H groups in total. The Morgan fingerprint density at radius 2 is 2.67 bits per heavy atom. The highest BCUT2D eigenvalue weighted by Crippen LogP contribution is 1.95. The molecule has 0 unspecified atom stereocenters. The summed E-state index contributed by atoms with van der Waals surface area (Å²) in [6, 6.07) is 0. The van der Waals surface area contributed by atoms with E-state index in [4.69, 9.17) is 5.53 Å². The molecule has 0 aliphatic rings. The van der Waals surface area contributed by atoms with Gasteiger partial charge in [0, 0.05) is 15.9 Å². The quantitative estimate of drug-likeness (QED) is 0.162. The molecule has 0 spiro atoms. The molecule has 0 saturated carbocycles. The third-order valence-corrected chi connectivity index (χ3v) is 1.03. The molecule has 9 heavy (non-hydrogen) atoms. The van der Waals surface area contributed by atoms with Crippen molar-refractivity contribution in [1.82, 2.24) is 4.72 Å². The Morgan fingerprint density at radius 3 is 3.11 bits per heavy atom. The van der Waals surface area contributed by atoms with E-state index >= 15 is 0 Å². The standard InChI is InChI=1S/C2H4N4OS2/c3-6-4-1-2(7)5-9-8/h8H,1H2,(H,5,7). The number of thiol groups is 1. The minimum Gasteiger partial charge on any atom is -0.291 e. The van der Waals surface area contributed by atoms with Gasteiger partial charge < -0.3 is 0 Å². The predicted octanol–water partition coefficient (Wildman–Crippen LogP) is 0.906. The lowest BCUT2D eigenvalue weighted by Crippen LogP contribution is -2.16. The molecule has 0 radical (unpaired) electrons. The van der Waals surface area contributed by atoms with Gasteiger partial charge in [-0.15, -0.1) is 0 Å². The van der Waals surface area contributed by atoms with E-state index in [1.807, 2.05) is 0 Å². The fourth-order valence-corrected chi connectivity index (χ4v) is 0.651. The van der Waals surface area contributed by atoms with E-state index in [9.17, 15) is 4.79 Å². The maximum absolute atomic E-state index is 10.4. The highest BCUT2D eigenvalue weighted by Gasteiger charge is 1.93. The van der Waals surface area contributed by atoms with Gasteiger partial charge in [-0.3, -0.25) is 9.52 Å². The lowest BCUT2D eigenvalue weighted by atomic mass is 10.7. The minimum atomic E-state index is -0.354. The monoisotopic (exact) mass is 164 g/mol. The molecule has 5 nitrogen and oxygen atoms in total. The topological polar surface area (TPSA) is 77.9 Å². The van der Waals surface area contributed by atoms with Crippen LogP contribution in [0.2, 0.25) is 0 Å². The Labute approximate surface area is 60.8 Å². The van der Waals surface area contributed by atoms with Gasteiger partial charge in [0.05, 0.1) is 0 Å². The second-order valence-electron chi connectivity index (χ2n) is 1.01. The lowest BCUT2D eigenvalue weighted by Gasteiger charge is -1.91. The summed E-state index contributed by atoms with van der Waals surface area (Å²) in [5.74, 6) is -0.354. The van der Waals surface area contributed by atoms with Crippen LogP contribution in [-0.4, -0.2) is 12.5 Å². The van der Waals surface area contributed by atoms with Crippen LogP contribution in [0.15, 0.2) is 5.11 Å². The van der Waals surface area contributed by atoms with Crippen molar-refractivity contribution in [3.05, 3.63) is 10.4 Å². The van der Waals surface area contributed by atoms with Crippen LogP contribution in [0.4, 0.5) is 0 Å². The molecule has 1 amide bonds. The first-order chi connectivity index (χ1) is 4.31. The average molecular weight is 164 g/mol. The van der Waals surface area contributed by atoms with E-state index in [0.717, 1.165) is 11.0 Å². The molecule has 0 rings (SSSR count). The number of amides is 1. The molecule has 50 valence electrons. The SMILES string of the molecule is [N-]=[N+]=NCC(=O)NSS. The first-order valence-electron chi connectivity index (χ1n) is 1.91. The normalized spacial score (nSPS) is 7.67. The Hall–Kier alpha value is -0.520. The van der Waals surface area contributed by atoms with Crippen LogP contribution in [-0.2, 0) is 4.79 Å². The Bertz CT molecular complexity index is 142. The average Bonchev–Trinajstić information content (AvgIpc) is 1.85. The van der Waals surface area contributed by atoms with Gasteiger partial charge in [0.15, 0.2) is 0 Å². The van der Waals surface area contributed by atoms with Gasteiger partial charge in [-0.1, -0.05) is 16.8 Å². The van der Waals surface area contributed by atoms with Crippen molar-refractivity contribution in [2.45, 2.75) is 0 Å². The van der Waals surface area contributed by atoms with Crippen molar-refractivity contribution in [2.24, 2.45) is 5.11 Å². The maximum atomic E-state index is 10.4. The second kappa shape index (κ2) is 5.61. The van der Waals surface area contributed by atoms with Crippen LogP contribution in [0.3, 0.4) is 0 Å². The van der Waals surface area contributed by atoms with Gasteiger partial charge in [0.1, 0.15) is 6.54 Å². The molecule has 0 aromatic rings. The summed E-state index contributed by atoms with van der Waals surface area (Å²) in [6.07, 6.45) is 0. The van der Waals surface area contributed by atoms with E-state index in [1.54, 1.807) is 0 Å². The fraction of sp³-hybridized carbons (Fsp3) is 0.500. The molecule has 0 aliphatic heterocycles. The molecule has 0 bridgehead atoms. The first-order valence-corrected chi connectivity index (χ1v) is 3.78. The van der Waals surface area contributed by atoms with E-state index in [2.05, 4.69) is 26.4 Å². The number of nitrogens with one attached hydrogen (secondary N) is 1. The Kier molecular flexibility index (Phi) is 5.29. The largest absolute Gasteiger partial charge is 0.291 e. The molecular weight excluding hydrogens is 160 g/mol. The zero-order valence-corrected chi connectivity index (χ0v) is 6.02. The Balaban J connectivity index is 3.38. The molecule has 7 heteroatoms. The number of hydrogen-bond acceptors (Lipinski definition) is 4. The first kappa shape index (κ1) is 8.48. The molecule has 0 heterocycles. The zero-order chi connectivity index (χ0) is 7.11. The summed E-state index contributed by atoms with van der Waals surface area (Å²) in [5.41, 5.74) is 7.74. The van der Waals surface area contributed by atoms with Crippen molar-refractivity contribution >= 4 is 28.5 Å². The summed E-state index contributed by atoms with van der Waals surface area (Å²) >= 11 is 3.63. The van der Waals surface area contributed by atoms with E-state index in [0.29, 0.717) is 0 Å². The number of nitrogens with zero attached hydrogens (tertiary/aromatic N) is 3. The van der Waals surface area contributed by atoms with Gasteiger partial charge in [-0.25, -0.2) is 0 Å². The van der Waals surface area contributed by atoms with Gasteiger partial charge in [0.2, 0.25) is 5.91 Å². The van der Waals surface area contributed by atoms with Crippen LogP contribution in [0, 0.1) is 0 Å². The summed E-state index contributed by atoms with van der Waals surface area (Å²) in [4.78, 5) is 12.7. The third-order valence-electron chi connectivity index (χ3n) is 0.437. The fourth-order valence-electron chi connectivity index (χ4n) is 0.179. The van der Waals surface area contributed by atoms with Crippen molar-refractivity contribution < 1.29 is 4.79 Å². The van der Waals surface area contributed by atoms with Crippen LogP contribution < -0.4 is 4.72 Å². The number of azide groups is 1. The molecule has 0 aromatic carbocycles. The van der Waals surface area contributed by atoms with E-state index < -0.39 is 0 Å².